The molecule has 0 saturated carbocycles. The quantitative estimate of drug-likeness (QED) is 0.883. The molecule has 0 spiro atoms. The second-order valence-electron chi connectivity index (χ2n) is 6.74. The fourth-order valence-corrected chi connectivity index (χ4v) is 3.62. The minimum atomic E-state index is -0.348. The number of hydrogen-bond acceptors (Lipinski definition) is 2. The van der Waals surface area contributed by atoms with Crippen LogP contribution in [0.5, 0.6) is 0 Å². The summed E-state index contributed by atoms with van der Waals surface area (Å²) in [6.45, 7) is 6.43. The van der Waals surface area contributed by atoms with E-state index in [1.54, 1.807) is 0 Å². The van der Waals surface area contributed by atoms with E-state index in [0.717, 1.165) is 19.3 Å². The van der Waals surface area contributed by atoms with E-state index < -0.39 is 0 Å². The first-order valence-electron chi connectivity index (χ1n) is 8.76. The summed E-state index contributed by atoms with van der Waals surface area (Å²) in [6.07, 6.45) is 2.74. The monoisotopic (exact) mass is 309 g/mol. The van der Waals surface area contributed by atoms with E-state index in [9.17, 15) is 5.11 Å². The first-order chi connectivity index (χ1) is 11.1. The van der Waals surface area contributed by atoms with Gasteiger partial charge >= 0.3 is 0 Å². The third-order valence-electron chi connectivity index (χ3n) is 5.29. The topological polar surface area (TPSA) is 23.5 Å². The summed E-state index contributed by atoms with van der Waals surface area (Å²) in [5.41, 5.74) is 5.22. The van der Waals surface area contributed by atoms with Crippen molar-refractivity contribution in [3.63, 3.8) is 0 Å². The molecule has 23 heavy (non-hydrogen) atoms. The second kappa shape index (κ2) is 6.76. The molecule has 1 heterocycles. The van der Waals surface area contributed by atoms with Gasteiger partial charge in [0.05, 0.1) is 12.1 Å². The van der Waals surface area contributed by atoms with Crippen LogP contribution in [-0.2, 0) is 12.8 Å². The van der Waals surface area contributed by atoms with Gasteiger partial charge in [0.15, 0.2) is 0 Å². The van der Waals surface area contributed by atoms with Crippen LogP contribution in [0.25, 0.3) is 0 Å². The normalized spacial score (nSPS) is 17.7. The summed E-state index contributed by atoms with van der Waals surface area (Å²) in [5.74, 6) is 0.285. The van der Waals surface area contributed by atoms with Gasteiger partial charge in [0.25, 0.3) is 0 Å². The molecule has 0 bridgehead atoms. The van der Waals surface area contributed by atoms with Crippen molar-refractivity contribution in [2.24, 2.45) is 5.92 Å². The third-order valence-corrected chi connectivity index (χ3v) is 5.29. The molecule has 3 atom stereocenters. The van der Waals surface area contributed by atoms with Gasteiger partial charge in [0.1, 0.15) is 0 Å². The Morgan fingerprint density at radius 3 is 1.87 bits per heavy atom. The third kappa shape index (κ3) is 3.00. The summed E-state index contributed by atoms with van der Waals surface area (Å²) in [6, 6.07) is 17.3. The minimum absolute atomic E-state index is 0.0466. The van der Waals surface area contributed by atoms with Gasteiger partial charge in [-0.3, -0.25) is 0 Å². The van der Waals surface area contributed by atoms with Gasteiger partial charge < -0.3 is 10.0 Å². The zero-order valence-corrected chi connectivity index (χ0v) is 14.4. The Balaban J connectivity index is 2.10. The van der Waals surface area contributed by atoms with Gasteiger partial charge in [-0.05, 0) is 48.9 Å². The number of nitrogens with zero attached hydrogens (tertiary/aromatic N) is 1. The molecule has 1 N–H and O–H groups in total. The van der Waals surface area contributed by atoms with Crippen molar-refractivity contribution in [3.05, 3.63) is 59.7 Å². The molecule has 0 saturated heterocycles. The molecule has 0 radical (unpaired) electrons. The van der Waals surface area contributed by atoms with Crippen LogP contribution in [-0.4, -0.2) is 17.3 Å². The van der Waals surface area contributed by atoms with Gasteiger partial charge in [-0.1, -0.05) is 56.7 Å². The van der Waals surface area contributed by atoms with Crippen LogP contribution >= 0.6 is 0 Å². The number of benzene rings is 2. The number of aryl methyl sites for hydroxylation is 2. The summed E-state index contributed by atoms with van der Waals surface area (Å²) in [7, 11) is 0. The molecule has 2 unspecified atom stereocenters. The van der Waals surface area contributed by atoms with Crippen molar-refractivity contribution in [1.82, 2.24) is 0 Å². The first-order valence-corrected chi connectivity index (χ1v) is 8.76. The fraction of sp³-hybridized carbons (Fsp3) is 0.429. The zero-order chi connectivity index (χ0) is 16.4. The Morgan fingerprint density at radius 2 is 1.39 bits per heavy atom. The lowest BCUT2D eigenvalue weighted by molar-refractivity contribution is 0.0936. The SMILES string of the molecule is CCC(C)[C@H](O)C(C)N1c2ccccc2CCc2ccccc21. The lowest BCUT2D eigenvalue weighted by atomic mass is 9.94. The molecular formula is C21H27NO. The molecule has 2 heteroatoms. The average molecular weight is 309 g/mol. The van der Waals surface area contributed by atoms with Gasteiger partial charge in [-0.25, -0.2) is 0 Å². The molecule has 2 nitrogen and oxygen atoms in total. The fourth-order valence-electron chi connectivity index (χ4n) is 3.62. The highest BCUT2D eigenvalue weighted by Gasteiger charge is 2.30. The predicted molar refractivity (Wildman–Crippen MR) is 97.4 cm³/mol. The maximum atomic E-state index is 10.8. The van der Waals surface area contributed by atoms with Crippen LogP contribution in [0.3, 0.4) is 0 Å². The van der Waals surface area contributed by atoms with Gasteiger partial charge in [-0.15, -0.1) is 0 Å². The molecule has 1 aliphatic heterocycles. The van der Waals surface area contributed by atoms with Crippen LogP contribution in [0, 0.1) is 5.92 Å². The van der Waals surface area contributed by atoms with Crippen LogP contribution in [0.1, 0.15) is 38.3 Å². The van der Waals surface area contributed by atoms with Gasteiger partial charge in [-0.2, -0.15) is 0 Å². The van der Waals surface area contributed by atoms with E-state index in [1.165, 1.54) is 22.5 Å². The summed E-state index contributed by atoms with van der Waals surface area (Å²) in [4.78, 5) is 2.36. The van der Waals surface area contributed by atoms with E-state index in [4.69, 9.17) is 0 Å². The Hall–Kier alpha value is -1.80. The van der Waals surface area contributed by atoms with Gasteiger partial charge in [0, 0.05) is 11.4 Å². The predicted octanol–water partition coefficient (Wildman–Crippen LogP) is 4.72. The molecule has 0 aliphatic carbocycles. The Labute approximate surface area is 139 Å². The summed E-state index contributed by atoms with van der Waals surface area (Å²) in [5, 5.41) is 10.8. The van der Waals surface area contributed by atoms with Gasteiger partial charge in [0.2, 0.25) is 0 Å². The number of rotatable bonds is 4. The molecule has 0 amide bonds. The van der Waals surface area contributed by atoms with Crippen LogP contribution < -0.4 is 4.90 Å². The Morgan fingerprint density at radius 1 is 0.913 bits per heavy atom. The van der Waals surface area contributed by atoms with Crippen molar-refractivity contribution in [2.45, 2.75) is 52.2 Å². The molecule has 3 rings (SSSR count). The van der Waals surface area contributed by atoms with Crippen molar-refractivity contribution in [1.29, 1.82) is 0 Å². The molecular weight excluding hydrogens is 282 g/mol. The van der Waals surface area contributed by atoms with E-state index in [2.05, 4.69) is 74.2 Å². The van der Waals surface area contributed by atoms with E-state index in [0.29, 0.717) is 0 Å². The highest BCUT2D eigenvalue weighted by atomic mass is 16.3. The van der Waals surface area contributed by atoms with Crippen molar-refractivity contribution in [3.8, 4) is 0 Å². The molecule has 0 aromatic heterocycles. The standard InChI is InChI=1S/C21H27NO/c1-4-15(2)21(23)16(3)22-19-11-7-5-9-17(19)13-14-18-10-6-8-12-20(18)22/h5-12,15-16,21,23H,4,13-14H2,1-3H3/t15?,16?,21-/m0/s1. The van der Waals surface area contributed by atoms with Crippen molar-refractivity contribution >= 4 is 11.4 Å². The molecule has 2 aromatic carbocycles. The molecule has 0 fully saturated rings. The van der Waals surface area contributed by atoms with Crippen LogP contribution in [0.15, 0.2) is 48.5 Å². The summed E-state index contributed by atoms with van der Waals surface area (Å²) >= 11 is 0. The summed E-state index contributed by atoms with van der Waals surface area (Å²) < 4.78 is 0. The van der Waals surface area contributed by atoms with Crippen molar-refractivity contribution in [2.75, 3.05) is 4.90 Å². The minimum Gasteiger partial charge on any atom is -0.391 e. The molecule has 1 aliphatic rings. The smallest absolute Gasteiger partial charge is 0.0770 e. The number of aliphatic hydroxyl groups excluding tert-OH is 1. The average Bonchev–Trinajstić information content (AvgIpc) is 2.76. The largest absolute Gasteiger partial charge is 0.391 e. The molecule has 122 valence electrons. The van der Waals surface area contributed by atoms with Crippen LogP contribution in [0.4, 0.5) is 11.4 Å². The number of fused-ring (bicyclic) bond motifs is 2. The lowest BCUT2D eigenvalue weighted by Crippen LogP contribution is -2.42. The maximum Gasteiger partial charge on any atom is 0.0770 e. The number of para-hydroxylation sites is 2. The number of hydrogen-bond donors (Lipinski definition) is 1. The van der Waals surface area contributed by atoms with E-state index in [-0.39, 0.29) is 18.1 Å². The Kier molecular flexibility index (Phi) is 4.72. The second-order valence-corrected chi connectivity index (χ2v) is 6.74. The van der Waals surface area contributed by atoms with Crippen LogP contribution in [0.2, 0.25) is 0 Å². The first kappa shape index (κ1) is 16.1. The highest BCUT2D eigenvalue weighted by molar-refractivity contribution is 5.72. The highest BCUT2D eigenvalue weighted by Crippen LogP contribution is 2.38. The zero-order valence-electron chi connectivity index (χ0n) is 14.4. The van der Waals surface area contributed by atoms with E-state index in [1.807, 2.05) is 0 Å². The van der Waals surface area contributed by atoms with E-state index >= 15 is 0 Å². The van der Waals surface area contributed by atoms with Crippen molar-refractivity contribution < 1.29 is 5.11 Å². The number of aliphatic hydroxyl groups is 1. The Bertz CT molecular complexity index is 619. The maximum absolute atomic E-state index is 10.8. The lowest BCUT2D eigenvalue weighted by Gasteiger charge is -2.37. The number of anilines is 2. The molecule has 2 aromatic rings.